The predicted molar refractivity (Wildman–Crippen MR) is 123 cm³/mol. The van der Waals surface area contributed by atoms with Crippen molar-refractivity contribution in [2.24, 2.45) is 5.92 Å². The second-order valence-electron chi connectivity index (χ2n) is 10.2. The number of quaternary nitrogens is 1. The predicted octanol–water partition coefficient (Wildman–Crippen LogP) is 4.06. The summed E-state index contributed by atoms with van der Waals surface area (Å²) in [5, 5.41) is 2.75. The van der Waals surface area contributed by atoms with Crippen LogP contribution in [0, 0.1) is 5.92 Å². The van der Waals surface area contributed by atoms with Gasteiger partial charge in [0.1, 0.15) is 12.8 Å². The molecule has 2 aromatic rings. The van der Waals surface area contributed by atoms with Crippen LogP contribution in [0.2, 0.25) is 0 Å². The molecule has 7 heteroatoms. The Kier molecular flexibility index (Phi) is 6.23. The molecule has 7 nitrogen and oxygen atoms in total. The molecule has 4 aliphatic rings. The fraction of sp³-hybridized carbons (Fsp3) is 0.577. The summed E-state index contributed by atoms with van der Waals surface area (Å²) in [6.07, 6.45) is 11.0. The smallest absolute Gasteiger partial charge is 0.317 e. The van der Waals surface area contributed by atoms with Gasteiger partial charge in [-0.3, -0.25) is 14.9 Å². The van der Waals surface area contributed by atoms with Gasteiger partial charge in [0.2, 0.25) is 0 Å². The minimum atomic E-state index is -0.545. The van der Waals surface area contributed by atoms with Gasteiger partial charge in [0, 0.05) is 18.8 Å². The standard InChI is InChI=1S/C26H33N3O4/c30-23(28-25-27-14-17-32-25)19-29-15-10-20(11-16-29)22(18-29)33-24(31)26(12-6-1-2-7-13-26)21-8-4-3-5-9-21/h3-5,8-9,14,17,20,22H,1-2,6-7,10-13,15-16,18-19H2/p+1/t20?,22-,29?/m0/s1. The maximum absolute atomic E-state index is 13.8. The van der Waals surface area contributed by atoms with Gasteiger partial charge in [-0.15, -0.1) is 0 Å². The van der Waals surface area contributed by atoms with Crippen molar-refractivity contribution in [3.8, 4) is 0 Å². The molecule has 3 saturated heterocycles. The van der Waals surface area contributed by atoms with Crippen LogP contribution in [0.5, 0.6) is 0 Å². The molecule has 3 aliphatic heterocycles. The highest BCUT2D eigenvalue weighted by Crippen LogP contribution is 2.42. The highest BCUT2D eigenvalue weighted by Gasteiger charge is 2.51. The van der Waals surface area contributed by atoms with E-state index >= 15 is 0 Å². The topological polar surface area (TPSA) is 81.4 Å². The molecule has 1 saturated carbocycles. The number of esters is 1. The van der Waals surface area contributed by atoms with E-state index in [0.717, 1.165) is 57.2 Å². The van der Waals surface area contributed by atoms with Gasteiger partial charge in [0.05, 0.1) is 24.7 Å². The van der Waals surface area contributed by atoms with Crippen molar-refractivity contribution in [1.82, 2.24) is 4.98 Å². The van der Waals surface area contributed by atoms with Crippen LogP contribution in [0.15, 0.2) is 47.2 Å². The van der Waals surface area contributed by atoms with Crippen LogP contribution < -0.4 is 5.32 Å². The summed E-state index contributed by atoms with van der Waals surface area (Å²) in [7, 11) is 0. The summed E-state index contributed by atoms with van der Waals surface area (Å²) >= 11 is 0. The first-order valence-electron chi connectivity index (χ1n) is 12.4. The fourth-order valence-corrected chi connectivity index (χ4v) is 6.28. The molecule has 4 heterocycles. The number of benzene rings is 1. The number of aromatic nitrogens is 1. The third kappa shape index (κ3) is 4.56. The summed E-state index contributed by atoms with van der Waals surface area (Å²) in [4.78, 5) is 30.5. The minimum Gasteiger partial charge on any atom is -0.455 e. The van der Waals surface area contributed by atoms with Gasteiger partial charge < -0.3 is 13.6 Å². The van der Waals surface area contributed by atoms with Gasteiger partial charge in [-0.2, -0.15) is 0 Å². The Balaban J connectivity index is 1.31. The van der Waals surface area contributed by atoms with E-state index in [0.29, 0.717) is 23.5 Å². The van der Waals surface area contributed by atoms with Crippen LogP contribution in [-0.2, 0) is 19.7 Å². The lowest BCUT2D eigenvalue weighted by Gasteiger charge is -2.52. The van der Waals surface area contributed by atoms with Crippen LogP contribution in [0.1, 0.15) is 56.9 Å². The van der Waals surface area contributed by atoms with E-state index in [1.54, 1.807) is 0 Å². The number of anilines is 1. The summed E-state index contributed by atoms with van der Waals surface area (Å²) in [6.45, 7) is 2.95. The maximum Gasteiger partial charge on any atom is 0.317 e. The lowest BCUT2D eigenvalue weighted by Crippen LogP contribution is -2.66. The Bertz CT molecular complexity index is 943. The van der Waals surface area contributed by atoms with Crippen LogP contribution >= 0.6 is 0 Å². The number of carbonyl (C=O) groups is 2. The van der Waals surface area contributed by atoms with Crippen molar-refractivity contribution < 1.29 is 23.2 Å². The van der Waals surface area contributed by atoms with Crippen LogP contribution in [0.3, 0.4) is 0 Å². The first kappa shape index (κ1) is 22.1. The van der Waals surface area contributed by atoms with Crippen molar-refractivity contribution in [2.45, 2.75) is 62.9 Å². The van der Waals surface area contributed by atoms with Gasteiger partial charge in [-0.05, 0) is 18.4 Å². The number of nitrogens with one attached hydrogen (secondary N) is 1. The Hall–Kier alpha value is -2.67. The normalized spacial score (nSPS) is 28.6. The van der Waals surface area contributed by atoms with Gasteiger partial charge in [0.15, 0.2) is 12.6 Å². The van der Waals surface area contributed by atoms with Gasteiger partial charge in [0.25, 0.3) is 5.91 Å². The monoisotopic (exact) mass is 452 g/mol. The van der Waals surface area contributed by atoms with E-state index in [9.17, 15) is 9.59 Å². The Morgan fingerprint density at radius 2 is 1.82 bits per heavy atom. The SMILES string of the molecule is O=C(C[N+]12CCC(CC1)[C@@H](OC(=O)C1(c3ccccc3)CCCCCC1)C2)Nc1ncco1. The lowest BCUT2D eigenvalue weighted by molar-refractivity contribution is -0.939. The zero-order chi connectivity index (χ0) is 22.7. The van der Waals surface area contributed by atoms with E-state index in [1.165, 1.54) is 25.3 Å². The molecular formula is C26H34N3O4+. The van der Waals surface area contributed by atoms with E-state index in [2.05, 4.69) is 22.4 Å². The second kappa shape index (κ2) is 9.29. The highest BCUT2D eigenvalue weighted by atomic mass is 16.5. The third-order valence-electron chi connectivity index (χ3n) is 8.13. The molecule has 1 aromatic heterocycles. The second-order valence-corrected chi connectivity index (χ2v) is 10.2. The number of carbonyl (C=O) groups excluding carboxylic acids is 2. The summed E-state index contributed by atoms with van der Waals surface area (Å²) in [6, 6.07) is 10.5. The molecule has 6 rings (SSSR count). The molecule has 33 heavy (non-hydrogen) atoms. The number of nitrogens with zero attached hydrogens (tertiary/aromatic N) is 2. The minimum absolute atomic E-state index is 0.0586. The quantitative estimate of drug-likeness (QED) is 0.406. The Morgan fingerprint density at radius 1 is 1.09 bits per heavy atom. The number of hydrogen-bond acceptors (Lipinski definition) is 5. The summed E-state index contributed by atoms with van der Waals surface area (Å²) in [5.41, 5.74) is 0.545. The first-order valence-corrected chi connectivity index (χ1v) is 12.4. The van der Waals surface area contributed by atoms with Crippen LogP contribution in [0.4, 0.5) is 6.01 Å². The van der Waals surface area contributed by atoms with Crippen molar-refractivity contribution >= 4 is 17.9 Å². The largest absolute Gasteiger partial charge is 0.455 e. The highest BCUT2D eigenvalue weighted by molar-refractivity contribution is 5.89. The van der Waals surface area contributed by atoms with Crippen molar-refractivity contribution in [3.63, 3.8) is 0 Å². The fourth-order valence-electron chi connectivity index (χ4n) is 6.28. The maximum atomic E-state index is 13.8. The number of hydrogen-bond donors (Lipinski definition) is 1. The first-order chi connectivity index (χ1) is 16.1. The zero-order valence-corrected chi connectivity index (χ0v) is 19.2. The number of piperidine rings is 3. The molecule has 176 valence electrons. The molecule has 4 fully saturated rings. The number of rotatable bonds is 6. The third-order valence-corrected chi connectivity index (χ3v) is 8.13. The average Bonchev–Trinajstić information content (AvgIpc) is 3.20. The molecule has 1 amide bonds. The Labute approximate surface area is 195 Å². The zero-order valence-electron chi connectivity index (χ0n) is 19.2. The van der Waals surface area contributed by atoms with Crippen molar-refractivity contribution in [2.75, 3.05) is 31.5 Å². The van der Waals surface area contributed by atoms with E-state index in [4.69, 9.17) is 9.15 Å². The number of ether oxygens (including phenoxy) is 1. The van der Waals surface area contributed by atoms with Crippen LogP contribution in [0.25, 0.3) is 0 Å². The lowest BCUT2D eigenvalue weighted by atomic mass is 9.74. The van der Waals surface area contributed by atoms with Gasteiger partial charge in [-0.25, -0.2) is 4.98 Å². The van der Waals surface area contributed by atoms with Crippen LogP contribution in [-0.4, -0.2) is 53.6 Å². The van der Waals surface area contributed by atoms with Gasteiger partial charge in [-0.1, -0.05) is 56.0 Å². The number of amides is 1. The van der Waals surface area contributed by atoms with E-state index in [-0.39, 0.29) is 24.0 Å². The van der Waals surface area contributed by atoms with Crippen molar-refractivity contribution in [3.05, 3.63) is 48.4 Å². The molecule has 0 spiro atoms. The molecule has 1 N–H and O–H groups in total. The molecule has 2 bridgehead atoms. The molecule has 0 radical (unpaired) electrons. The number of fused-ring (bicyclic) bond motifs is 3. The van der Waals surface area contributed by atoms with E-state index < -0.39 is 5.41 Å². The molecular weight excluding hydrogens is 418 g/mol. The molecule has 1 aliphatic carbocycles. The molecule has 1 atom stereocenters. The summed E-state index contributed by atoms with van der Waals surface area (Å²) in [5.74, 6) is 0.228. The Morgan fingerprint density at radius 3 is 2.48 bits per heavy atom. The van der Waals surface area contributed by atoms with Crippen molar-refractivity contribution in [1.29, 1.82) is 0 Å². The summed E-state index contributed by atoms with van der Waals surface area (Å²) < 4.78 is 12.2. The van der Waals surface area contributed by atoms with E-state index in [1.807, 2.05) is 18.2 Å². The average molecular weight is 453 g/mol. The number of oxazole rings is 1. The van der Waals surface area contributed by atoms with Gasteiger partial charge >= 0.3 is 12.0 Å². The molecule has 1 aromatic carbocycles. The molecule has 0 unspecified atom stereocenters.